The molecular formula is C23H28N4O3. The third-order valence-electron chi connectivity index (χ3n) is 4.58. The van der Waals surface area contributed by atoms with Crippen LogP contribution in [0.4, 0.5) is 5.69 Å². The maximum absolute atomic E-state index is 12.5. The van der Waals surface area contributed by atoms with Crippen molar-refractivity contribution in [1.29, 1.82) is 0 Å². The van der Waals surface area contributed by atoms with Crippen molar-refractivity contribution in [2.75, 3.05) is 25.0 Å². The number of para-hydroxylation sites is 2. The van der Waals surface area contributed by atoms with E-state index in [1.165, 1.54) is 0 Å². The van der Waals surface area contributed by atoms with Crippen LogP contribution in [0.1, 0.15) is 31.7 Å². The highest BCUT2D eigenvalue weighted by atomic mass is 16.5. The maximum atomic E-state index is 12.5. The van der Waals surface area contributed by atoms with Crippen molar-refractivity contribution in [3.8, 4) is 17.1 Å². The highest BCUT2D eigenvalue weighted by molar-refractivity contribution is 5.92. The Morgan fingerprint density at radius 2 is 1.90 bits per heavy atom. The minimum absolute atomic E-state index is 0.0702. The summed E-state index contributed by atoms with van der Waals surface area (Å²) in [7, 11) is 0. The molecule has 158 valence electrons. The molecule has 2 aromatic carbocycles. The van der Waals surface area contributed by atoms with Gasteiger partial charge >= 0.3 is 0 Å². The number of amides is 1. The van der Waals surface area contributed by atoms with Gasteiger partial charge in [-0.3, -0.25) is 9.69 Å². The average molecular weight is 409 g/mol. The Morgan fingerprint density at radius 3 is 2.67 bits per heavy atom. The van der Waals surface area contributed by atoms with Gasteiger partial charge in [-0.05, 0) is 50.6 Å². The molecule has 3 aromatic rings. The fourth-order valence-corrected chi connectivity index (χ4v) is 3.19. The van der Waals surface area contributed by atoms with E-state index in [1.54, 1.807) is 0 Å². The van der Waals surface area contributed by atoms with Crippen molar-refractivity contribution in [2.24, 2.45) is 0 Å². The summed E-state index contributed by atoms with van der Waals surface area (Å²) >= 11 is 0. The molecule has 0 atom stereocenters. The van der Waals surface area contributed by atoms with Crippen LogP contribution in [0.3, 0.4) is 0 Å². The Bertz CT molecular complexity index is 970. The molecule has 1 heterocycles. The summed E-state index contributed by atoms with van der Waals surface area (Å²) in [5.74, 6) is 1.60. The van der Waals surface area contributed by atoms with Gasteiger partial charge in [0.15, 0.2) is 0 Å². The number of ether oxygens (including phenoxy) is 1. The summed E-state index contributed by atoms with van der Waals surface area (Å²) in [5.41, 5.74) is 2.64. The van der Waals surface area contributed by atoms with Crippen LogP contribution in [0.15, 0.2) is 53.1 Å². The van der Waals surface area contributed by atoms with E-state index in [0.29, 0.717) is 24.9 Å². The third kappa shape index (κ3) is 5.67. The largest absolute Gasteiger partial charge is 0.493 e. The molecule has 0 aliphatic rings. The number of aromatic nitrogens is 2. The molecule has 0 bridgehead atoms. The molecule has 0 aliphatic carbocycles. The highest BCUT2D eigenvalue weighted by Gasteiger charge is 2.17. The van der Waals surface area contributed by atoms with Crippen molar-refractivity contribution in [3.05, 3.63) is 60.0 Å². The van der Waals surface area contributed by atoms with Crippen LogP contribution in [-0.4, -0.2) is 40.6 Å². The van der Waals surface area contributed by atoms with Crippen molar-refractivity contribution >= 4 is 11.6 Å². The lowest BCUT2D eigenvalue weighted by Crippen LogP contribution is -2.33. The highest BCUT2D eigenvalue weighted by Crippen LogP contribution is 2.27. The number of hydrogen-bond donors (Lipinski definition) is 1. The van der Waals surface area contributed by atoms with Gasteiger partial charge < -0.3 is 14.6 Å². The minimum Gasteiger partial charge on any atom is -0.493 e. The van der Waals surface area contributed by atoms with E-state index in [-0.39, 0.29) is 12.5 Å². The molecule has 0 spiro atoms. The summed E-state index contributed by atoms with van der Waals surface area (Å²) in [6.07, 6.45) is 0.909. The second-order valence-corrected chi connectivity index (χ2v) is 7.01. The summed E-state index contributed by atoms with van der Waals surface area (Å²) in [6.45, 7) is 7.93. The van der Waals surface area contributed by atoms with E-state index in [1.807, 2.05) is 67.3 Å². The van der Waals surface area contributed by atoms with E-state index >= 15 is 0 Å². The Labute approximate surface area is 177 Å². The number of rotatable bonds is 10. The molecule has 30 heavy (non-hydrogen) atoms. The number of anilines is 1. The van der Waals surface area contributed by atoms with Gasteiger partial charge in [-0.15, -0.1) is 0 Å². The number of nitrogens with zero attached hydrogens (tertiary/aromatic N) is 3. The molecular weight excluding hydrogens is 380 g/mol. The van der Waals surface area contributed by atoms with E-state index < -0.39 is 0 Å². The SMILES string of the molecule is CCCN(CC(=O)Nc1ccccc1C)Cc1nc(-c2ccccc2OCC)no1. The quantitative estimate of drug-likeness (QED) is 0.539. The van der Waals surface area contributed by atoms with Crippen LogP contribution < -0.4 is 10.1 Å². The van der Waals surface area contributed by atoms with Gasteiger partial charge in [0.2, 0.25) is 17.6 Å². The normalized spacial score (nSPS) is 10.9. The summed E-state index contributed by atoms with van der Waals surface area (Å²) in [4.78, 5) is 19.1. The molecule has 3 rings (SSSR count). The van der Waals surface area contributed by atoms with E-state index in [0.717, 1.165) is 35.5 Å². The molecule has 0 radical (unpaired) electrons. The number of nitrogens with one attached hydrogen (secondary N) is 1. The van der Waals surface area contributed by atoms with Gasteiger partial charge in [0.1, 0.15) is 5.75 Å². The Balaban J connectivity index is 1.67. The van der Waals surface area contributed by atoms with Gasteiger partial charge in [0.25, 0.3) is 0 Å². The zero-order chi connectivity index (χ0) is 21.3. The first-order chi connectivity index (χ1) is 14.6. The van der Waals surface area contributed by atoms with Gasteiger partial charge in [-0.1, -0.05) is 42.4 Å². The summed E-state index contributed by atoms with van der Waals surface area (Å²) in [5, 5.41) is 7.08. The van der Waals surface area contributed by atoms with Crippen molar-refractivity contribution < 1.29 is 14.1 Å². The topological polar surface area (TPSA) is 80.5 Å². The monoisotopic (exact) mass is 408 g/mol. The molecule has 0 unspecified atom stereocenters. The van der Waals surface area contributed by atoms with E-state index in [9.17, 15) is 4.79 Å². The molecule has 0 aliphatic heterocycles. The average Bonchev–Trinajstić information content (AvgIpc) is 3.19. The molecule has 0 saturated heterocycles. The zero-order valence-electron chi connectivity index (χ0n) is 17.7. The standard InChI is InChI=1S/C23H28N4O3/c1-4-14-27(15-21(28)24-19-12-8-6-10-17(19)3)16-22-25-23(26-30-22)18-11-7-9-13-20(18)29-5-2/h6-13H,4-5,14-16H2,1-3H3,(H,24,28). The maximum Gasteiger partial charge on any atom is 0.241 e. The Hall–Kier alpha value is -3.19. The summed E-state index contributed by atoms with van der Waals surface area (Å²) < 4.78 is 11.1. The fraction of sp³-hybridized carbons (Fsp3) is 0.348. The van der Waals surface area contributed by atoms with Crippen LogP contribution in [-0.2, 0) is 11.3 Å². The van der Waals surface area contributed by atoms with Crippen LogP contribution in [0, 0.1) is 6.92 Å². The van der Waals surface area contributed by atoms with Crippen LogP contribution in [0.2, 0.25) is 0 Å². The van der Waals surface area contributed by atoms with Gasteiger partial charge in [-0.25, -0.2) is 0 Å². The number of aryl methyl sites for hydroxylation is 1. The van der Waals surface area contributed by atoms with Crippen LogP contribution in [0.25, 0.3) is 11.4 Å². The zero-order valence-corrected chi connectivity index (χ0v) is 17.7. The minimum atomic E-state index is -0.0702. The predicted octanol–water partition coefficient (Wildman–Crippen LogP) is 4.29. The fourth-order valence-electron chi connectivity index (χ4n) is 3.19. The molecule has 7 nitrogen and oxygen atoms in total. The molecule has 1 amide bonds. The number of benzene rings is 2. The van der Waals surface area contributed by atoms with Gasteiger partial charge in [0, 0.05) is 5.69 Å². The van der Waals surface area contributed by atoms with Crippen molar-refractivity contribution in [1.82, 2.24) is 15.0 Å². The predicted molar refractivity (Wildman–Crippen MR) is 116 cm³/mol. The Morgan fingerprint density at radius 1 is 1.13 bits per heavy atom. The lowest BCUT2D eigenvalue weighted by Gasteiger charge is -2.19. The van der Waals surface area contributed by atoms with Crippen LogP contribution >= 0.6 is 0 Å². The molecule has 1 N–H and O–H groups in total. The second kappa shape index (κ2) is 10.5. The second-order valence-electron chi connectivity index (χ2n) is 7.01. The molecule has 7 heteroatoms. The molecule has 0 saturated carbocycles. The molecule has 1 aromatic heterocycles. The van der Waals surface area contributed by atoms with Gasteiger partial charge in [-0.2, -0.15) is 4.98 Å². The lowest BCUT2D eigenvalue weighted by atomic mass is 10.2. The van der Waals surface area contributed by atoms with Crippen molar-refractivity contribution in [3.63, 3.8) is 0 Å². The van der Waals surface area contributed by atoms with E-state index in [2.05, 4.69) is 22.4 Å². The van der Waals surface area contributed by atoms with E-state index in [4.69, 9.17) is 9.26 Å². The molecule has 0 fully saturated rings. The first-order valence-electron chi connectivity index (χ1n) is 10.2. The third-order valence-corrected chi connectivity index (χ3v) is 4.58. The number of hydrogen-bond acceptors (Lipinski definition) is 6. The van der Waals surface area contributed by atoms with Gasteiger partial charge in [0.05, 0.1) is 25.3 Å². The first kappa shape index (κ1) is 21.5. The number of carbonyl (C=O) groups is 1. The van der Waals surface area contributed by atoms with Crippen LogP contribution in [0.5, 0.6) is 5.75 Å². The summed E-state index contributed by atoms with van der Waals surface area (Å²) in [6, 6.07) is 15.3. The lowest BCUT2D eigenvalue weighted by molar-refractivity contribution is -0.117. The van der Waals surface area contributed by atoms with Crippen molar-refractivity contribution in [2.45, 2.75) is 33.7 Å². The smallest absolute Gasteiger partial charge is 0.241 e. The Kier molecular flexibility index (Phi) is 7.57. The number of carbonyl (C=O) groups excluding carboxylic acids is 1. The first-order valence-corrected chi connectivity index (χ1v) is 10.2.